The van der Waals surface area contributed by atoms with Crippen LogP contribution in [0.4, 0.5) is 5.69 Å². The van der Waals surface area contributed by atoms with Crippen molar-refractivity contribution in [3.8, 4) is 0 Å². The second-order valence-corrected chi connectivity index (χ2v) is 6.40. The number of anilines is 1. The molecule has 4 rings (SSSR count). The lowest BCUT2D eigenvalue weighted by Crippen LogP contribution is -2.18. The Bertz CT molecular complexity index is 1020. The minimum Gasteiger partial charge on any atom is -0.399 e. The molecule has 0 radical (unpaired) electrons. The van der Waals surface area contributed by atoms with Crippen LogP contribution in [-0.4, -0.2) is 0 Å². The first kappa shape index (κ1) is 13.1. The van der Waals surface area contributed by atoms with E-state index in [1.165, 1.54) is 31.0 Å². The smallest absolute Gasteiger partial charge is 0.0375 e. The molecule has 1 nitrogen and oxygen atoms in total. The molecule has 2 heteroatoms. The van der Waals surface area contributed by atoms with Crippen molar-refractivity contribution < 1.29 is 0 Å². The van der Waals surface area contributed by atoms with Gasteiger partial charge in [0, 0.05) is 25.5 Å². The number of hydrogen-bond acceptors (Lipinski definition) is 2. The van der Waals surface area contributed by atoms with Crippen molar-refractivity contribution in [2.75, 3.05) is 5.73 Å². The summed E-state index contributed by atoms with van der Waals surface area (Å²) in [4.78, 5) is 0. The average Bonchev–Trinajstić information content (AvgIpc) is 2.84. The number of benzene rings is 2. The second-order valence-electron chi connectivity index (χ2n) is 5.32. The first-order valence-corrected chi connectivity index (χ1v) is 8.07. The Morgan fingerprint density at radius 1 is 0.864 bits per heavy atom. The van der Waals surface area contributed by atoms with Crippen LogP contribution in [0, 0.1) is 0 Å². The molecule has 1 aromatic heterocycles. The summed E-state index contributed by atoms with van der Waals surface area (Å²) in [6.45, 7) is 0. The maximum absolute atomic E-state index is 5.90. The van der Waals surface area contributed by atoms with Gasteiger partial charge < -0.3 is 5.73 Å². The molecule has 22 heavy (non-hydrogen) atoms. The standard InChI is InChI=1S/C20H15NS/c21-16-10-12-18-17-11-9-15(14-5-2-1-3-6-14)7-4-8-19(17)22-20(18)13-16/h1-13H,21H2. The quantitative estimate of drug-likeness (QED) is 0.682. The maximum Gasteiger partial charge on any atom is 0.0375 e. The summed E-state index contributed by atoms with van der Waals surface area (Å²) in [6.07, 6.45) is 10.9. The molecule has 1 heterocycles. The number of thiophene rings is 1. The zero-order chi connectivity index (χ0) is 14.9. The third-order valence-electron chi connectivity index (χ3n) is 3.84. The SMILES string of the molecule is Nc1ccc2c3c(sc2c1)=CC=CC(c1ccccc1)=CC=3. The van der Waals surface area contributed by atoms with Gasteiger partial charge in [-0.3, -0.25) is 0 Å². The molecule has 1 aliphatic rings. The highest BCUT2D eigenvalue weighted by Gasteiger charge is 2.03. The van der Waals surface area contributed by atoms with Crippen molar-refractivity contribution in [3.05, 3.63) is 82.1 Å². The van der Waals surface area contributed by atoms with E-state index in [4.69, 9.17) is 5.73 Å². The number of nitrogen functional groups attached to an aromatic ring is 1. The van der Waals surface area contributed by atoms with Crippen LogP contribution in [0.1, 0.15) is 5.56 Å². The summed E-state index contributed by atoms with van der Waals surface area (Å²) in [5, 5.41) is 2.54. The van der Waals surface area contributed by atoms with Gasteiger partial charge in [0.15, 0.2) is 0 Å². The van der Waals surface area contributed by atoms with Gasteiger partial charge in [-0.15, -0.1) is 11.3 Å². The Hall–Kier alpha value is -2.58. The molecule has 0 amide bonds. The molecule has 2 N–H and O–H groups in total. The third kappa shape index (κ3) is 2.28. The van der Waals surface area contributed by atoms with E-state index < -0.39 is 0 Å². The van der Waals surface area contributed by atoms with Crippen molar-refractivity contribution in [1.82, 2.24) is 0 Å². The molecule has 106 valence electrons. The molecule has 0 saturated carbocycles. The molecule has 0 aliphatic heterocycles. The van der Waals surface area contributed by atoms with Gasteiger partial charge >= 0.3 is 0 Å². The molecule has 0 saturated heterocycles. The molecule has 0 atom stereocenters. The Morgan fingerprint density at radius 3 is 2.59 bits per heavy atom. The van der Waals surface area contributed by atoms with E-state index >= 15 is 0 Å². The molecule has 1 aliphatic carbocycles. The van der Waals surface area contributed by atoms with Crippen LogP contribution in [0.25, 0.3) is 27.8 Å². The van der Waals surface area contributed by atoms with Crippen LogP contribution in [0.3, 0.4) is 0 Å². The van der Waals surface area contributed by atoms with E-state index in [1.54, 1.807) is 11.3 Å². The summed E-state index contributed by atoms with van der Waals surface area (Å²) in [5.74, 6) is 0. The minimum absolute atomic E-state index is 0.817. The predicted octanol–water partition coefficient (Wildman–Crippen LogP) is 3.70. The number of allylic oxidation sites excluding steroid dienone is 4. The highest BCUT2D eigenvalue weighted by molar-refractivity contribution is 7.17. The molecule has 0 bridgehead atoms. The fraction of sp³-hybridized carbons (Fsp3) is 0. The summed E-state index contributed by atoms with van der Waals surface area (Å²) in [5.41, 5.74) is 9.17. The first-order valence-electron chi connectivity index (χ1n) is 7.25. The van der Waals surface area contributed by atoms with Crippen LogP contribution >= 0.6 is 11.3 Å². The van der Waals surface area contributed by atoms with Crippen molar-refractivity contribution in [3.63, 3.8) is 0 Å². The first-order chi connectivity index (χ1) is 10.8. The predicted molar refractivity (Wildman–Crippen MR) is 98.0 cm³/mol. The maximum atomic E-state index is 5.90. The monoisotopic (exact) mass is 301 g/mol. The van der Waals surface area contributed by atoms with Gasteiger partial charge in [-0.1, -0.05) is 60.7 Å². The number of nitrogens with two attached hydrogens (primary N) is 1. The minimum atomic E-state index is 0.817. The van der Waals surface area contributed by atoms with Crippen molar-refractivity contribution in [2.45, 2.75) is 0 Å². The van der Waals surface area contributed by atoms with Crippen LogP contribution in [0.15, 0.2) is 66.8 Å². The summed E-state index contributed by atoms with van der Waals surface area (Å²) >= 11 is 1.79. The molecule has 3 aromatic rings. The Morgan fingerprint density at radius 2 is 1.73 bits per heavy atom. The lowest BCUT2D eigenvalue weighted by atomic mass is 10.0. The molecule has 0 unspecified atom stereocenters. The Balaban J connectivity index is 1.97. The molecule has 0 spiro atoms. The van der Waals surface area contributed by atoms with Gasteiger partial charge in [0.1, 0.15) is 0 Å². The van der Waals surface area contributed by atoms with E-state index in [2.05, 4.69) is 66.8 Å². The van der Waals surface area contributed by atoms with Crippen molar-refractivity contribution in [1.29, 1.82) is 0 Å². The van der Waals surface area contributed by atoms with Crippen LogP contribution in [0.2, 0.25) is 0 Å². The topological polar surface area (TPSA) is 26.0 Å². The summed E-state index contributed by atoms with van der Waals surface area (Å²) in [6, 6.07) is 16.6. The lowest BCUT2D eigenvalue weighted by Gasteiger charge is -2.01. The van der Waals surface area contributed by atoms with E-state index in [1.807, 2.05) is 12.1 Å². The van der Waals surface area contributed by atoms with Gasteiger partial charge in [-0.2, -0.15) is 0 Å². The lowest BCUT2D eigenvalue weighted by molar-refractivity contribution is 1.62. The zero-order valence-corrected chi connectivity index (χ0v) is 12.8. The molecule has 2 aromatic carbocycles. The zero-order valence-electron chi connectivity index (χ0n) is 12.0. The van der Waals surface area contributed by atoms with Crippen LogP contribution in [0.5, 0.6) is 0 Å². The molecular weight excluding hydrogens is 286 g/mol. The summed E-state index contributed by atoms with van der Waals surface area (Å²) in [7, 11) is 0. The largest absolute Gasteiger partial charge is 0.399 e. The van der Waals surface area contributed by atoms with E-state index in [0.29, 0.717) is 0 Å². The summed E-state index contributed by atoms with van der Waals surface area (Å²) < 4.78 is 2.52. The highest BCUT2D eigenvalue weighted by atomic mass is 32.1. The van der Waals surface area contributed by atoms with Crippen LogP contribution in [-0.2, 0) is 0 Å². The highest BCUT2D eigenvalue weighted by Crippen LogP contribution is 2.19. The van der Waals surface area contributed by atoms with Crippen LogP contribution < -0.4 is 15.5 Å². The van der Waals surface area contributed by atoms with Gasteiger partial charge in [-0.25, -0.2) is 0 Å². The number of fused-ring (bicyclic) bond motifs is 3. The third-order valence-corrected chi connectivity index (χ3v) is 4.97. The normalized spacial score (nSPS) is 13.5. The van der Waals surface area contributed by atoms with Gasteiger partial charge in [0.25, 0.3) is 0 Å². The van der Waals surface area contributed by atoms with Crippen molar-refractivity contribution >= 4 is 44.8 Å². The Labute approximate surface area is 133 Å². The molecule has 0 fully saturated rings. The fourth-order valence-corrected chi connectivity index (χ4v) is 3.89. The van der Waals surface area contributed by atoms with E-state index in [-0.39, 0.29) is 0 Å². The second kappa shape index (κ2) is 5.32. The van der Waals surface area contributed by atoms with E-state index in [0.717, 1.165) is 5.69 Å². The number of rotatable bonds is 1. The van der Waals surface area contributed by atoms with Gasteiger partial charge in [0.05, 0.1) is 0 Å². The van der Waals surface area contributed by atoms with Gasteiger partial charge in [0.2, 0.25) is 0 Å². The van der Waals surface area contributed by atoms with E-state index in [9.17, 15) is 0 Å². The molecular formula is C20H15NS. The average molecular weight is 301 g/mol. The van der Waals surface area contributed by atoms with Crippen molar-refractivity contribution in [2.24, 2.45) is 0 Å². The fourth-order valence-electron chi connectivity index (χ4n) is 2.74. The Kier molecular flexibility index (Phi) is 3.17. The van der Waals surface area contributed by atoms with Gasteiger partial charge in [-0.05, 0) is 29.3 Å². The number of hydrogen-bond donors (Lipinski definition) is 1.